The van der Waals surface area contributed by atoms with Crippen LogP contribution >= 0.6 is 15.9 Å². The van der Waals surface area contributed by atoms with Gasteiger partial charge in [-0.15, -0.1) is 0 Å². The van der Waals surface area contributed by atoms with Crippen LogP contribution < -0.4 is 4.74 Å². The predicted molar refractivity (Wildman–Crippen MR) is 66.5 cm³/mol. The molecule has 1 aromatic carbocycles. The maximum Gasteiger partial charge on any atom is 0.337 e. The lowest BCUT2D eigenvalue weighted by Crippen LogP contribution is -2.08. The number of ether oxygens (including phenoxy) is 2. The van der Waals surface area contributed by atoms with Gasteiger partial charge in [0.15, 0.2) is 0 Å². The number of hydrogen-bond donors (Lipinski definition) is 0. The number of carbonyl (C=O) groups is 2. The second kappa shape index (κ2) is 5.82. The van der Waals surface area contributed by atoms with E-state index in [1.54, 1.807) is 19.1 Å². The standard InChI is InChI=1S/C12H13BrO4/c1-7-4-9(12(15)16-3)5-10(6-13)11(7)17-8(2)14/h4-5H,6H2,1-3H3. The molecule has 0 aliphatic rings. The van der Waals surface area contributed by atoms with Crippen molar-refractivity contribution in [2.45, 2.75) is 19.2 Å². The van der Waals surface area contributed by atoms with Crippen LogP contribution in [0.5, 0.6) is 5.75 Å². The summed E-state index contributed by atoms with van der Waals surface area (Å²) in [6.07, 6.45) is 0. The summed E-state index contributed by atoms with van der Waals surface area (Å²) in [7, 11) is 1.32. The summed E-state index contributed by atoms with van der Waals surface area (Å²) < 4.78 is 9.76. The van der Waals surface area contributed by atoms with Gasteiger partial charge in [-0.05, 0) is 24.6 Å². The van der Waals surface area contributed by atoms with Crippen LogP contribution in [0.2, 0.25) is 0 Å². The summed E-state index contributed by atoms with van der Waals surface area (Å²) in [5.41, 5.74) is 1.90. The first kappa shape index (κ1) is 13.7. The van der Waals surface area contributed by atoms with Gasteiger partial charge in [-0.1, -0.05) is 15.9 Å². The molecule has 1 aromatic rings. The zero-order valence-corrected chi connectivity index (χ0v) is 11.5. The quantitative estimate of drug-likeness (QED) is 0.489. The van der Waals surface area contributed by atoms with Gasteiger partial charge in [-0.2, -0.15) is 0 Å². The van der Waals surface area contributed by atoms with E-state index in [9.17, 15) is 9.59 Å². The summed E-state index contributed by atoms with van der Waals surface area (Å²) in [5.74, 6) is -0.312. The molecule has 0 radical (unpaired) electrons. The number of rotatable bonds is 3. The fourth-order valence-corrected chi connectivity index (χ4v) is 1.89. The lowest BCUT2D eigenvalue weighted by atomic mass is 10.1. The third-order valence-electron chi connectivity index (χ3n) is 2.16. The van der Waals surface area contributed by atoms with E-state index in [1.165, 1.54) is 14.0 Å². The van der Waals surface area contributed by atoms with Gasteiger partial charge in [0.05, 0.1) is 12.7 Å². The molecule has 0 aliphatic carbocycles. The minimum atomic E-state index is -0.412. The highest BCUT2D eigenvalue weighted by molar-refractivity contribution is 9.08. The second-order valence-corrected chi connectivity index (χ2v) is 4.06. The average molecular weight is 301 g/mol. The van der Waals surface area contributed by atoms with Gasteiger partial charge in [0.1, 0.15) is 5.75 Å². The molecule has 0 bridgehead atoms. The number of esters is 2. The maximum absolute atomic E-state index is 11.4. The Hall–Kier alpha value is -1.36. The number of hydrogen-bond acceptors (Lipinski definition) is 4. The van der Waals surface area contributed by atoms with E-state index >= 15 is 0 Å². The Balaban J connectivity index is 3.25. The van der Waals surface area contributed by atoms with Crippen LogP contribution in [0.15, 0.2) is 12.1 Å². The fourth-order valence-electron chi connectivity index (χ4n) is 1.47. The van der Waals surface area contributed by atoms with E-state index < -0.39 is 5.97 Å². The molecule has 0 N–H and O–H groups in total. The number of carbonyl (C=O) groups excluding carboxylic acids is 2. The van der Waals surface area contributed by atoms with Crippen molar-refractivity contribution < 1.29 is 19.1 Å². The normalized spacial score (nSPS) is 9.88. The Morgan fingerprint density at radius 3 is 2.47 bits per heavy atom. The molecule has 0 saturated carbocycles. The van der Waals surface area contributed by atoms with Crippen molar-refractivity contribution >= 4 is 27.9 Å². The summed E-state index contributed by atoms with van der Waals surface area (Å²) in [5, 5.41) is 0.487. The van der Waals surface area contributed by atoms with Gasteiger partial charge in [0.2, 0.25) is 0 Å². The zero-order chi connectivity index (χ0) is 13.0. The molecule has 0 aliphatic heterocycles. The molecular formula is C12H13BrO4. The molecule has 0 aromatic heterocycles. The maximum atomic E-state index is 11.4. The smallest absolute Gasteiger partial charge is 0.337 e. The summed E-state index contributed by atoms with van der Waals surface area (Å²) in [4.78, 5) is 22.4. The molecule has 4 nitrogen and oxygen atoms in total. The van der Waals surface area contributed by atoms with Crippen molar-refractivity contribution in [3.05, 3.63) is 28.8 Å². The molecule has 92 valence electrons. The van der Waals surface area contributed by atoms with Gasteiger partial charge in [-0.3, -0.25) is 4.79 Å². The van der Waals surface area contributed by atoms with Crippen molar-refractivity contribution in [3.63, 3.8) is 0 Å². The topological polar surface area (TPSA) is 52.6 Å². The Bertz CT molecular complexity index is 454. The minimum Gasteiger partial charge on any atom is -0.465 e. The molecule has 0 saturated heterocycles. The Kier molecular flexibility index (Phi) is 4.69. The SMILES string of the molecule is COC(=O)c1cc(C)c(OC(C)=O)c(CBr)c1. The molecule has 0 spiro atoms. The van der Waals surface area contributed by atoms with Crippen molar-refractivity contribution in [2.75, 3.05) is 7.11 Å². The molecular weight excluding hydrogens is 288 g/mol. The van der Waals surface area contributed by atoms with Crippen molar-refractivity contribution in [1.29, 1.82) is 0 Å². The monoisotopic (exact) mass is 300 g/mol. The number of benzene rings is 1. The fraction of sp³-hybridized carbons (Fsp3) is 0.333. The third kappa shape index (κ3) is 3.30. The molecule has 0 amide bonds. The first-order valence-corrected chi connectivity index (χ1v) is 6.08. The highest BCUT2D eigenvalue weighted by atomic mass is 79.9. The number of methoxy groups -OCH3 is 1. The van der Waals surface area contributed by atoms with E-state index in [0.717, 1.165) is 11.1 Å². The lowest BCUT2D eigenvalue weighted by molar-refractivity contribution is -0.131. The van der Waals surface area contributed by atoms with Gasteiger partial charge in [-0.25, -0.2) is 4.79 Å². The van der Waals surface area contributed by atoms with Gasteiger partial charge < -0.3 is 9.47 Å². The van der Waals surface area contributed by atoms with Crippen LogP contribution in [0.3, 0.4) is 0 Å². The largest absolute Gasteiger partial charge is 0.465 e. The molecule has 0 unspecified atom stereocenters. The number of aryl methyl sites for hydroxylation is 1. The number of alkyl halides is 1. The minimum absolute atomic E-state index is 0.388. The Labute approximate surface area is 108 Å². The van der Waals surface area contributed by atoms with E-state index in [1.807, 2.05) is 0 Å². The molecule has 1 rings (SSSR count). The van der Waals surface area contributed by atoms with Gasteiger partial charge >= 0.3 is 11.9 Å². The van der Waals surface area contributed by atoms with Crippen molar-refractivity contribution in [2.24, 2.45) is 0 Å². The van der Waals surface area contributed by atoms with Crippen LogP contribution in [0, 0.1) is 6.92 Å². The van der Waals surface area contributed by atoms with E-state index in [4.69, 9.17) is 4.74 Å². The van der Waals surface area contributed by atoms with Crippen LogP contribution in [0.25, 0.3) is 0 Å². The average Bonchev–Trinajstić information content (AvgIpc) is 2.29. The molecule has 0 heterocycles. The van der Waals surface area contributed by atoms with Crippen molar-refractivity contribution in [3.8, 4) is 5.75 Å². The second-order valence-electron chi connectivity index (χ2n) is 3.50. The van der Waals surface area contributed by atoms with Crippen molar-refractivity contribution in [1.82, 2.24) is 0 Å². The van der Waals surface area contributed by atoms with E-state index in [0.29, 0.717) is 16.6 Å². The Morgan fingerprint density at radius 1 is 1.35 bits per heavy atom. The first-order chi connectivity index (χ1) is 7.99. The summed E-state index contributed by atoms with van der Waals surface area (Å²) in [6.45, 7) is 3.11. The van der Waals surface area contributed by atoms with Gasteiger partial charge in [0, 0.05) is 17.8 Å². The third-order valence-corrected chi connectivity index (χ3v) is 2.77. The lowest BCUT2D eigenvalue weighted by Gasteiger charge is -2.12. The van der Waals surface area contributed by atoms with Crippen LogP contribution in [-0.2, 0) is 14.9 Å². The molecule has 0 atom stereocenters. The van der Waals surface area contributed by atoms with Gasteiger partial charge in [0.25, 0.3) is 0 Å². The number of halogens is 1. The Morgan fingerprint density at radius 2 is 2.00 bits per heavy atom. The predicted octanol–water partition coefficient (Wildman–Crippen LogP) is 2.60. The molecule has 0 fully saturated rings. The van der Waals surface area contributed by atoms with Crippen LogP contribution in [-0.4, -0.2) is 19.0 Å². The van der Waals surface area contributed by atoms with Crippen LogP contribution in [0.1, 0.15) is 28.4 Å². The van der Waals surface area contributed by atoms with E-state index in [2.05, 4.69) is 20.7 Å². The summed E-state index contributed by atoms with van der Waals surface area (Å²) in [6, 6.07) is 3.28. The van der Waals surface area contributed by atoms with E-state index in [-0.39, 0.29) is 5.97 Å². The zero-order valence-electron chi connectivity index (χ0n) is 9.87. The van der Waals surface area contributed by atoms with Crippen LogP contribution in [0.4, 0.5) is 0 Å². The summed E-state index contributed by atoms with van der Waals surface area (Å²) >= 11 is 3.29. The molecule has 5 heteroatoms. The highest BCUT2D eigenvalue weighted by Crippen LogP contribution is 2.28. The first-order valence-electron chi connectivity index (χ1n) is 4.95. The highest BCUT2D eigenvalue weighted by Gasteiger charge is 2.14. The molecule has 17 heavy (non-hydrogen) atoms.